The smallest absolute Gasteiger partial charge is 0.306 e. The Balaban J connectivity index is 1.78. The van der Waals surface area contributed by atoms with Crippen molar-refractivity contribution in [2.24, 2.45) is 0 Å². The third-order valence-electron chi connectivity index (χ3n) is 3.52. The van der Waals surface area contributed by atoms with Gasteiger partial charge >= 0.3 is 5.97 Å². The zero-order chi connectivity index (χ0) is 17.7. The minimum atomic E-state index is -0.437. The van der Waals surface area contributed by atoms with Crippen LogP contribution in [0.3, 0.4) is 0 Å². The summed E-state index contributed by atoms with van der Waals surface area (Å²) >= 11 is 3.38. The van der Waals surface area contributed by atoms with Crippen LogP contribution in [0.5, 0.6) is 0 Å². The monoisotopic (exact) mass is 394 g/mol. The number of nitrogens with one attached hydrogen (secondary N) is 1. The topological polar surface area (TPSA) is 81.4 Å². The summed E-state index contributed by atoms with van der Waals surface area (Å²) in [7, 11) is 0. The number of amides is 1. The van der Waals surface area contributed by atoms with Gasteiger partial charge in [0.15, 0.2) is 6.61 Å². The number of nitrogens with zero attached hydrogens (tertiary/aromatic N) is 1. The molecule has 2 rings (SSSR count). The predicted octanol–water partition coefficient (Wildman–Crippen LogP) is 3.48. The van der Waals surface area contributed by atoms with E-state index in [-0.39, 0.29) is 18.9 Å². The third kappa shape index (κ3) is 4.92. The van der Waals surface area contributed by atoms with Crippen molar-refractivity contribution < 1.29 is 18.8 Å². The van der Waals surface area contributed by atoms with Crippen LogP contribution in [-0.4, -0.2) is 23.6 Å². The van der Waals surface area contributed by atoms with Gasteiger partial charge in [0.1, 0.15) is 5.76 Å². The molecule has 0 atom stereocenters. The average Bonchev–Trinajstić information content (AvgIpc) is 2.84. The van der Waals surface area contributed by atoms with Crippen molar-refractivity contribution in [2.75, 3.05) is 11.9 Å². The Hall–Kier alpha value is -2.15. The molecule has 0 spiro atoms. The molecule has 0 fully saturated rings. The highest BCUT2D eigenvalue weighted by molar-refractivity contribution is 9.10. The van der Waals surface area contributed by atoms with E-state index in [1.54, 1.807) is 13.0 Å². The maximum Gasteiger partial charge on any atom is 0.306 e. The lowest BCUT2D eigenvalue weighted by atomic mass is 10.1. The molecule has 0 saturated heterocycles. The Morgan fingerprint density at radius 1 is 1.29 bits per heavy atom. The molecule has 1 aromatic heterocycles. The van der Waals surface area contributed by atoms with E-state index in [9.17, 15) is 9.59 Å². The number of benzene rings is 1. The number of halogens is 1. The van der Waals surface area contributed by atoms with Gasteiger partial charge in [-0.25, -0.2) is 0 Å². The number of rotatable bonds is 6. The van der Waals surface area contributed by atoms with E-state index in [1.165, 1.54) is 0 Å². The van der Waals surface area contributed by atoms with Gasteiger partial charge in [-0.15, -0.1) is 0 Å². The fraction of sp³-hybridized carbons (Fsp3) is 0.353. The molecule has 1 heterocycles. The first-order valence-electron chi connectivity index (χ1n) is 7.50. The molecule has 24 heavy (non-hydrogen) atoms. The van der Waals surface area contributed by atoms with E-state index in [0.717, 1.165) is 21.3 Å². The van der Waals surface area contributed by atoms with Gasteiger partial charge in [-0.2, -0.15) is 0 Å². The Bertz CT molecular complexity index is 736. The van der Waals surface area contributed by atoms with Crippen LogP contribution in [0.15, 0.2) is 27.2 Å². The Morgan fingerprint density at radius 3 is 2.67 bits per heavy atom. The van der Waals surface area contributed by atoms with Gasteiger partial charge in [-0.1, -0.05) is 11.2 Å². The normalized spacial score (nSPS) is 10.5. The Labute approximate surface area is 148 Å². The standard InChI is InChI=1S/C17H19BrN2O4/c1-10-4-6-15(14(18)8-10)19-16(21)9-23-17(22)7-5-13-11(2)20-24-12(13)3/h4,6,8H,5,7,9H2,1-3H3,(H,19,21). The summed E-state index contributed by atoms with van der Waals surface area (Å²) in [5, 5.41) is 6.53. The van der Waals surface area contributed by atoms with E-state index >= 15 is 0 Å². The van der Waals surface area contributed by atoms with E-state index in [2.05, 4.69) is 26.4 Å². The second-order valence-electron chi connectivity index (χ2n) is 5.49. The number of ether oxygens (including phenoxy) is 1. The fourth-order valence-electron chi connectivity index (χ4n) is 2.21. The maximum atomic E-state index is 11.9. The SMILES string of the molecule is Cc1ccc(NC(=O)COC(=O)CCc2c(C)noc2C)c(Br)c1. The van der Waals surface area contributed by atoms with Crippen molar-refractivity contribution in [1.82, 2.24) is 5.16 Å². The number of carbonyl (C=O) groups excluding carboxylic acids is 2. The lowest BCUT2D eigenvalue weighted by Crippen LogP contribution is -2.21. The first kappa shape index (κ1) is 18.2. The number of hydrogen-bond donors (Lipinski definition) is 1. The second kappa shape index (κ2) is 8.10. The summed E-state index contributed by atoms with van der Waals surface area (Å²) < 4.78 is 10.8. The van der Waals surface area contributed by atoms with Crippen LogP contribution in [0.2, 0.25) is 0 Å². The van der Waals surface area contributed by atoms with Gasteiger partial charge in [0.05, 0.1) is 11.4 Å². The third-order valence-corrected chi connectivity index (χ3v) is 4.18. The average molecular weight is 395 g/mol. The van der Waals surface area contributed by atoms with Gasteiger partial charge in [-0.3, -0.25) is 9.59 Å². The van der Waals surface area contributed by atoms with Crippen molar-refractivity contribution >= 4 is 33.5 Å². The highest BCUT2D eigenvalue weighted by Crippen LogP contribution is 2.23. The largest absolute Gasteiger partial charge is 0.456 e. The molecule has 7 heteroatoms. The molecule has 1 aromatic carbocycles. The van der Waals surface area contributed by atoms with Crippen molar-refractivity contribution in [2.45, 2.75) is 33.6 Å². The predicted molar refractivity (Wildman–Crippen MR) is 92.8 cm³/mol. The van der Waals surface area contributed by atoms with Crippen LogP contribution in [0.4, 0.5) is 5.69 Å². The van der Waals surface area contributed by atoms with Crippen LogP contribution in [0.25, 0.3) is 0 Å². The summed E-state index contributed by atoms with van der Waals surface area (Å²) in [5.74, 6) is -0.124. The lowest BCUT2D eigenvalue weighted by molar-refractivity contribution is -0.147. The molecular weight excluding hydrogens is 376 g/mol. The molecule has 0 aliphatic carbocycles. The van der Waals surface area contributed by atoms with Gasteiger partial charge < -0.3 is 14.6 Å². The lowest BCUT2D eigenvalue weighted by Gasteiger charge is -2.09. The summed E-state index contributed by atoms with van der Waals surface area (Å²) in [6.45, 7) is 5.26. The first-order valence-corrected chi connectivity index (χ1v) is 8.29. The zero-order valence-corrected chi connectivity index (χ0v) is 15.4. The molecule has 6 nitrogen and oxygen atoms in total. The Morgan fingerprint density at radius 2 is 2.04 bits per heavy atom. The van der Waals surface area contributed by atoms with Gasteiger partial charge in [0.25, 0.3) is 5.91 Å². The van der Waals surface area contributed by atoms with Crippen LogP contribution >= 0.6 is 15.9 Å². The van der Waals surface area contributed by atoms with E-state index < -0.39 is 5.97 Å². The van der Waals surface area contributed by atoms with Crippen LogP contribution in [-0.2, 0) is 20.7 Å². The number of esters is 1. The molecule has 0 unspecified atom stereocenters. The van der Waals surface area contributed by atoms with Crippen molar-refractivity contribution in [3.8, 4) is 0 Å². The molecule has 0 aliphatic rings. The van der Waals surface area contributed by atoms with Crippen molar-refractivity contribution in [3.05, 3.63) is 45.3 Å². The quantitative estimate of drug-likeness (QED) is 0.758. The second-order valence-corrected chi connectivity index (χ2v) is 6.35. The number of aryl methyl sites for hydroxylation is 3. The summed E-state index contributed by atoms with van der Waals surface area (Å²) in [4.78, 5) is 23.6. The maximum absolute atomic E-state index is 11.9. The number of carbonyl (C=O) groups is 2. The molecule has 0 aliphatic heterocycles. The van der Waals surface area contributed by atoms with Crippen LogP contribution < -0.4 is 5.32 Å². The van der Waals surface area contributed by atoms with Gasteiger partial charge in [-0.05, 0) is 60.8 Å². The molecular formula is C17H19BrN2O4. The minimum absolute atomic E-state index is 0.171. The molecule has 1 N–H and O–H groups in total. The number of aromatic nitrogens is 1. The molecule has 0 bridgehead atoms. The number of hydrogen-bond acceptors (Lipinski definition) is 5. The molecule has 0 radical (unpaired) electrons. The van der Waals surface area contributed by atoms with Crippen molar-refractivity contribution in [3.63, 3.8) is 0 Å². The molecule has 1 amide bonds. The molecule has 128 valence electrons. The fourth-order valence-corrected chi connectivity index (χ4v) is 2.80. The summed E-state index contributed by atoms with van der Waals surface area (Å²) in [6.07, 6.45) is 0.648. The Kier molecular flexibility index (Phi) is 6.14. The first-order chi connectivity index (χ1) is 11.4. The van der Waals surface area contributed by atoms with E-state index in [1.807, 2.05) is 26.0 Å². The van der Waals surface area contributed by atoms with Crippen molar-refractivity contribution in [1.29, 1.82) is 0 Å². The number of anilines is 1. The minimum Gasteiger partial charge on any atom is -0.456 e. The van der Waals surface area contributed by atoms with Gasteiger partial charge in [0.2, 0.25) is 0 Å². The molecule has 2 aromatic rings. The summed E-state index contributed by atoms with van der Waals surface area (Å²) in [6, 6.07) is 5.57. The van der Waals surface area contributed by atoms with E-state index in [4.69, 9.17) is 9.26 Å². The zero-order valence-electron chi connectivity index (χ0n) is 13.8. The summed E-state index contributed by atoms with van der Waals surface area (Å²) in [5.41, 5.74) is 3.38. The van der Waals surface area contributed by atoms with Gasteiger partial charge in [0, 0.05) is 16.5 Å². The highest BCUT2D eigenvalue weighted by Gasteiger charge is 2.13. The molecule has 0 saturated carbocycles. The van der Waals surface area contributed by atoms with Crippen LogP contribution in [0, 0.1) is 20.8 Å². The van der Waals surface area contributed by atoms with E-state index in [0.29, 0.717) is 17.9 Å². The van der Waals surface area contributed by atoms with Crippen LogP contribution in [0.1, 0.15) is 29.0 Å². The highest BCUT2D eigenvalue weighted by atomic mass is 79.9.